The van der Waals surface area contributed by atoms with Gasteiger partial charge < -0.3 is 9.80 Å². The van der Waals surface area contributed by atoms with Gasteiger partial charge in [0, 0.05) is 55.0 Å². The fourth-order valence-corrected chi connectivity index (χ4v) is 4.67. The van der Waals surface area contributed by atoms with E-state index >= 15 is 0 Å². The van der Waals surface area contributed by atoms with Crippen LogP contribution in [0.3, 0.4) is 0 Å². The third kappa shape index (κ3) is 5.50. The van der Waals surface area contributed by atoms with Gasteiger partial charge in [0.15, 0.2) is 5.82 Å². The predicted octanol–water partition coefficient (Wildman–Crippen LogP) is 5.54. The minimum Gasteiger partial charge on any atom is -0.353 e. The highest BCUT2D eigenvalue weighted by atomic mass is 19.1. The smallest absolute Gasteiger partial charge is 0.253 e. The number of aromatic nitrogens is 2. The monoisotopic (exact) mass is 498 g/mol. The summed E-state index contributed by atoms with van der Waals surface area (Å²) in [5, 5.41) is 0. The highest BCUT2D eigenvalue weighted by molar-refractivity contribution is 5.94. The highest BCUT2D eigenvalue weighted by Crippen LogP contribution is 2.29. The lowest BCUT2D eigenvalue weighted by Gasteiger charge is -2.36. The van der Waals surface area contributed by atoms with Crippen molar-refractivity contribution in [1.82, 2.24) is 14.9 Å². The number of carbonyl (C=O) groups is 1. The number of benzene rings is 3. The van der Waals surface area contributed by atoms with E-state index in [-0.39, 0.29) is 17.5 Å². The van der Waals surface area contributed by atoms with Gasteiger partial charge in [-0.2, -0.15) is 0 Å². The topological polar surface area (TPSA) is 49.3 Å². The molecule has 0 aliphatic carbocycles. The molecule has 2 heterocycles. The van der Waals surface area contributed by atoms with Crippen LogP contribution < -0.4 is 4.90 Å². The Kier molecular flexibility index (Phi) is 7.21. The first-order valence-corrected chi connectivity index (χ1v) is 12.5. The summed E-state index contributed by atoms with van der Waals surface area (Å²) >= 11 is 0. The van der Waals surface area contributed by atoms with Gasteiger partial charge in [-0.15, -0.1) is 0 Å². The minimum absolute atomic E-state index is 0.104. The van der Waals surface area contributed by atoms with Crippen molar-refractivity contribution in [3.05, 3.63) is 113 Å². The van der Waals surface area contributed by atoms with Crippen LogP contribution in [0.5, 0.6) is 0 Å². The Morgan fingerprint density at radius 3 is 2.05 bits per heavy atom. The Balaban J connectivity index is 1.46. The highest BCUT2D eigenvalue weighted by Gasteiger charge is 2.26. The number of halogens is 2. The first kappa shape index (κ1) is 24.6. The molecule has 37 heavy (non-hydrogen) atoms. The maximum Gasteiger partial charge on any atom is 0.253 e. The molecular weight excluding hydrogens is 470 g/mol. The molecule has 1 aliphatic heterocycles. The lowest BCUT2D eigenvalue weighted by molar-refractivity contribution is 0.0746. The maximum atomic E-state index is 13.5. The lowest BCUT2D eigenvalue weighted by atomic mass is 10.0. The molecule has 5 nitrogen and oxygen atoms in total. The molecule has 0 atom stereocenters. The first-order chi connectivity index (χ1) is 18.0. The number of piperazine rings is 1. The number of carbonyl (C=O) groups excluding carboxylic acids is 1. The van der Waals surface area contributed by atoms with Crippen LogP contribution >= 0.6 is 0 Å². The van der Waals surface area contributed by atoms with Crippen LogP contribution in [0.4, 0.5) is 14.6 Å². The zero-order chi connectivity index (χ0) is 25.8. The summed E-state index contributed by atoms with van der Waals surface area (Å²) in [6.07, 6.45) is 1.32. The fourth-order valence-electron chi connectivity index (χ4n) is 4.67. The fraction of sp³-hybridized carbons (Fsp3) is 0.233. The van der Waals surface area contributed by atoms with Crippen LogP contribution in [0.25, 0.3) is 11.4 Å². The molecule has 1 saturated heterocycles. The van der Waals surface area contributed by atoms with Gasteiger partial charge in [0.2, 0.25) is 0 Å². The van der Waals surface area contributed by atoms with E-state index in [4.69, 9.17) is 9.97 Å². The molecule has 7 heteroatoms. The molecule has 0 spiro atoms. The second-order valence-electron chi connectivity index (χ2n) is 9.11. The van der Waals surface area contributed by atoms with Gasteiger partial charge >= 0.3 is 0 Å². The molecule has 0 unspecified atom stereocenters. The van der Waals surface area contributed by atoms with Crippen molar-refractivity contribution >= 4 is 11.7 Å². The summed E-state index contributed by atoms with van der Waals surface area (Å²) < 4.78 is 26.8. The maximum absolute atomic E-state index is 13.5. The molecule has 0 N–H and O–H groups in total. The number of nitrogens with zero attached hydrogens (tertiary/aromatic N) is 4. The average Bonchev–Trinajstić information content (AvgIpc) is 2.95. The Hall–Kier alpha value is -4.13. The number of amides is 1. The number of hydrogen-bond acceptors (Lipinski definition) is 4. The molecule has 5 rings (SSSR count). The van der Waals surface area contributed by atoms with Crippen LogP contribution in [0, 0.1) is 11.6 Å². The predicted molar refractivity (Wildman–Crippen MR) is 141 cm³/mol. The van der Waals surface area contributed by atoms with Crippen molar-refractivity contribution in [3.8, 4) is 11.4 Å². The van der Waals surface area contributed by atoms with E-state index in [0.717, 1.165) is 34.6 Å². The summed E-state index contributed by atoms with van der Waals surface area (Å²) in [5.74, 6) is 0.786. The van der Waals surface area contributed by atoms with E-state index in [1.54, 1.807) is 17.0 Å². The second-order valence-corrected chi connectivity index (χ2v) is 9.11. The van der Waals surface area contributed by atoms with E-state index in [0.29, 0.717) is 44.0 Å². The summed E-state index contributed by atoms with van der Waals surface area (Å²) in [5.41, 5.74) is 4.38. The zero-order valence-electron chi connectivity index (χ0n) is 20.7. The van der Waals surface area contributed by atoms with Crippen molar-refractivity contribution in [1.29, 1.82) is 0 Å². The summed E-state index contributed by atoms with van der Waals surface area (Å²) in [6.45, 7) is 4.35. The number of anilines is 1. The molecule has 188 valence electrons. The van der Waals surface area contributed by atoms with Crippen LogP contribution in [-0.4, -0.2) is 47.0 Å². The van der Waals surface area contributed by atoms with Crippen LogP contribution in [0.1, 0.15) is 34.1 Å². The molecule has 0 bridgehead atoms. The Bertz CT molecular complexity index is 1370. The number of hydrogen-bond donors (Lipinski definition) is 0. The Morgan fingerprint density at radius 2 is 1.43 bits per heavy atom. The zero-order valence-corrected chi connectivity index (χ0v) is 20.7. The van der Waals surface area contributed by atoms with Gasteiger partial charge in [-0.1, -0.05) is 49.4 Å². The van der Waals surface area contributed by atoms with Gasteiger partial charge in [-0.05, 0) is 48.4 Å². The lowest BCUT2D eigenvalue weighted by Crippen LogP contribution is -2.49. The van der Waals surface area contributed by atoms with Crippen molar-refractivity contribution in [2.24, 2.45) is 0 Å². The van der Waals surface area contributed by atoms with Crippen LogP contribution in [0.15, 0.2) is 78.9 Å². The average molecular weight is 499 g/mol. The largest absolute Gasteiger partial charge is 0.353 e. The quantitative estimate of drug-likeness (QED) is 0.350. The molecule has 0 radical (unpaired) electrons. The number of rotatable bonds is 6. The standard InChI is InChI=1S/C30H28F2N4O/c1-2-27-26(20-21-8-12-24(31)13-9-21)29(34-28(33-27)22-6-4-3-5-7-22)35-16-18-36(19-17-35)30(37)23-10-14-25(32)15-11-23/h3-15H,2,16-20H2,1H3. The third-order valence-electron chi connectivity index (χ3n) is 6.69. The Labute approximate surface area is 215 Å². The van der Waals surface area contributed by atoms with E-state index < -0.39 is 0 Å². The van der Waals surface area contributed by atoms with Crippen LogP contribution in [-0.2, 0) is 12.8 Å². The van der Waals surface area contributed by atoms with E-state index in [9.17, 15) is 13.6 Å². The van der Waals surface area contributed by atoms with Gasteiger partial charge in [0.05, 0.1) is 0 Å². The second kappa shape index (κ2) is 10.9. The van der Waals surface area contributed by atoms with Crippen LogP contribution in [0.2, 0.25) is 0 Å². The molecule has 1 aliphatic rings. The Morgan fingerprint density at radius 1 is 0.811 bits per heavy atom. The van der Waals surface area contributed by atoms with Crippen molar-refractivity contribution in [2.45, 2.75) is 19.8 Å². The molecular formula is C30H28F2N4O. The van der Waals surface area contributed by atoms with Crippen molar-refractivity contribution in [3.63, 3.8) is 0 Å². The molecule has 4 aromatic rings. The SMILES string of the molecule is CCc1nc(-c2ccccc2)nc(N2CCN(C(=O)c3ccc(F)cc3)CC2)c1Cc1ccc(F)cc1. The van der Waals surface area contributed by atoms with E-state index in [1.807, 2.05) is 30.3 Å². The number of aryl methyl sites for hydroxylation is 1. The minimum atomic E-state index is -0.361. The van der Waals surface area contributed by atoms with Crippen molar-refractivity contribution in [2.75, 3.05) is 31.1 Å². The van der Waals surface area contributed by atoms with E-state index in [2.05, 4.69) is 11.8 Å². The first-order valence-electron chi connectivity index (χ1n) is 12.5. The summed E-state index contributed by atoms with van der Waals surface area (Å²) in [4.78, 5) is 26.9. The summed E-state index contributed by atoms with van der Waals surface area (Å²) in [6, 6.07) is 22.1. The third-order valence-corrected chi connectivity index (χ3v) is 6.69. The molecule has 1 amide bonds. The molecule has 1 fully saturated rings. The van der Waals surface area contributed by atoms with Gasteiger partial charge in [-0.3, -0.25) is 4.79 Å². The van der Waals surface area contributed by atoms with Gasteiger partial charge in [0.25, 0.3) is 5.91 Å². The molecule has 0 saturated carbocycles. The van der Waals surface area contributed by atoms with Gasteiger partial charge in [-0.25, -0.2) is 18.7 Å². The van der Waals surface area contributed by atoms with E-state index in [1.165, 1.54) is 36.4 Å². The normalized spacial score (nSPS) is 13.6. The molecule has 1 aromatic heterocycles. The van der Waals surface area contributed by atoms with Crippen molar-refractivity contribution < 1.29 is 13.6 Å². The summed E-state index contributed by atoms with van der Waals surface area (Å²) in [7, 11) is 0. The molecule has 3 aromatic carbocycles. The van der Waals surface area contributed by atoms with Gasteiger partial charge in [0.1, 0.15) is 17.5 Å².